The maximum Gasteiger partial charge on any atom is 1.00 e. The van der Waals surface area contributed by atoms with Gasteiger partial charge in [0.15, 0.2) is 22.9 Å². The van der Waals surface area contributed by atoms with E-state index in [4.69, 9.17) is 23.2 Å². The second-order valence-corrected chi connectivity index (χ2v) is 15.5. The average molecular weight is 842 g/mol. The summed E-state index contributed by atoms with van der Waals surface area (Å²) >= 11 is 12.5. The first-order chi connectivity index (χ1) is 26.5. The van der Waals surface area contributed by atoms with Crippen molar-refractivity contribution in [2.24, 2.45) is 0 Å². The van der Waals surface area contributed by atoms with Gasteiger partial charge in [0.05, 0.1) is 32.2 Å². The molecule has 0 N–H and O–H groups in total. The van der Waals surface area contributed by atoms with Gasteiger partial charge in [-0.1, -0.05) is 120 Å². The van der Waals surface area contributed by atoms with E-state index in [2.05, 4.69) is 33.1 Å². The third kappa shape index (κ3) is 8.84. The molecule has 8 rings (SSSR count). The number of carbonyl (C=O) groups excluding carboxylic acids is 1. The zero-order chi connectivity index (χ0) is 39.3. The van der Waals surface area contributed by atoms with Gasteiger partial charge in [0.2, 0.25) is 0 Å². The van der Waals surface area contributed by atoms with Crippen molar-refractivity contribution >= 4 is 71.3 Å². The summed E-state index contributed by atoms with van der Waals surface area (Å²) in [5.74, 6) is -1.12. The van der Waals surface area contributed by atoms with Crippen LogP contribution in [0, 0.1) is 0 Å². The third-order valence-electron chi connectivity index (χ3n) is 7.89. The van der Waals surface area contributed by atoms with Gasteiger partial charge in [0.1, 0.15) is 10.3 Å². The van der Waals surface area contributed by atoms with E-state index in [0.717, 1.165) is 15.6 Å². The summed E-state index contributed by atoms with van der Waals surface area (Å²) in [6.07, 6.45) is 1.45. The zero-order valence-corrected chi connectivity index (χ0v) is 33.0. The zero-order valence-electron chi connectivity index (χ0n) is 29.8. The van der Waals surface area contributed by atoms with Crippen LogP contribution >= 0.6 is 23.2 Å². The molecule has 4 heterocycles. The molecule has 4 aromatic carbocycles. The number of aromatic carboxylic acids is 1. The molecule has 0 amide bonds. The standard InChI is InChI=1S/C19H12ClN3O4S.C18H12ClN3O2S.C2H4.FH.Li.H2/c20-16-14-11-15(19(24)25)23(28(26,27)13-9-5-2-6-10-13)18(14)22-17(21-16)12-7-3-1-4-8-12;19-16-15-11-12-22(25(23,24)14-9-5-2-6-10-14)18(15)21-17(20-16)13-7-3-1-4-8-13;1-2;;;/h1-11H,(H,24,25);1-12H;1-2H2;1H;;1H/q;;;;+1;/p-1/i;;;;;1+2. The van der Waals surface area contributed by atoms with Crippen LogP contribution in [0.15, 0.2) is 163 Å². The van der Waals surface area contributed by atoms with Gasteiger partial charge in [-0.15, -0.1) is 13.2 Å². The fourth-order valence-corrected chi connectivity index (χ4v) is 8.62. The minimum Gasteiger partial charge on any atom is -0.543 e. The molecule has 0 aliphatic rings. The van der Waals surface area contributed by atoms with Gasteiger partial charge in [-0.05, 0) is 36.4 Å². The van der Waals surface area contributed by atoms with Gasteiger partial charge in [-0.25, -0.2) is 44.7 Å². The van der Waals surface area contributed by atoms with E-state index < -0.39 is 31.7 Å². The predicted molar refractivity (Wildman–Crippen MR) is 214 cm³/mol. The van der Waals surface area contributed by atoms with E-state index in [1.54, 1.807) is 72.8 Å². The monoisotopic (exact) mass is 840 g/mol. The van der Waals surface area contributed by atoms with E-state index in [-0.39, 0.29) is 67.6 Å². The molecule has 57 heavy (non-hydrogen) atoms. The first-order valence-corrected chi connectivity index (χ1v) is 19.7. The fourth-order valence-electron chi connectivity index (χ4n) is 5.39. The smallest absolute Gasteiger partial charge is 0.543 e. The number of carboxylic acids is 1. The van der Waals surface area contributed by atoms with Gasteiger partial charge in [-0.3, -0.25) is 4.70 Å². The number of aromatic nitrogens is 6. The Kier molecular flexibility index (Phi) is 14.3. The molecular weight excluding hydrogens is 809 g/mol. The van der Waals surface area contributed by atoms with Crippen LogP contribution in [0.1, 0.15) is 11.9 Å². The summed E-state index contributed by atoms with van der Waals surface area (Å²) in [6, 6.07) is 36.4. The number of nitrogens with zero attached hydrogens (tertiary/aromatic N) is 6. The molecule has 0 bridgehead atoms. The SMILES string of the molecule is C=C.F.O=C([O-])c1cc2c(Cl)nc(-c3ccccc3)nc2n1S(=O)(=O)c1ccccc1.O=S(=O)(c1ccccc1)n1ccc2c(Cl)nc(-c3ccccc3)nc21.[3HH].[Li+]. The molecule has 0 aliphatic carbocycles. The Morgan fingerprint density at radius 2 is 1.00 bits per heavy atom. The van der Waals surface area contributed by atoms with Gasteiger partial charge >= 0.3 is 18.9 Å². The molecule has 0 unspecified atom stereocenters. The number of halogens is 3. The largest absolute Gasteiger partial charge is 1.00 e. The van der Waals surface area contributed by atoms with Crippen molar-refractivity contribution in [3.8, 4) is 22.8 Å². The predicted octanol–water partition coefficient (Wildman–Crippen LogP) is 4.55. The maximum atomic E-state index is 13.2. The van der Waals surface area contributed by atoms with E-state index in [1.165, 1.54) is 30.5 Å². The van der Waals surface area contributed by atoms with Crippen molar-refractivity contribution in [1.29, 1.82) is 0 Å². The Bertz CT molecular complexity index is 2900. The molecule has 0 saturated heterocycles. The molecule has 8 aromatic rings. The molecule has 0 radical (unpaired) electrons. The Labute approximate surface area is 350 Å². The summed E-state index contributed by atoms with van der Waals surface area (Å²) in [5.41, 5.74) is 0.896. The van der Waals surface area contributed by atoms with Crippen LogP contribution in [0.5, 0.6) is 0 Å². The average Bonchev–Trinajstić information content (AvgIpc) is 3.85. The summed E-state index contributed by atoms with van der Waals surface area (Å²) < 4.78 is 53.9. The number of hydrogen-bond donors (Lipinski definition) is 0. The molecule has 0 fully saturated rings. The molecule has 0 saturated carbocycles. The number of rotatable bonds is 7. The Morgan fingerprint density at radius 1 is 0.596 bits per heavy atom. The van der Waals surface area contributed by atoms with E-state index in [1.807, 2.05) is 30.3 Å². The Morgan fingerprint density at radius 3 is 1.46 bits per heavy atom. The molecule has 0 atom stereocenters. The van der Waals surface area contributed by atoms with Crippen molar-refractivity contribution in [2.45, 2.75) is 9.79 Å². The molecule has 0 spiro atoms. The Balaban J connectivity index is 0.000000285. The van der Waals surface area contributed by atoms with Crippen molar-refractivity contribution < 1.29 is 51.7 Å². The molecule has 4 aromatic heterocycles. The van der Waals surface area contributed by atoms with E-state index in [0.29, 0.717) is 20.7 Å². The van der Waals surface area contributed by atoms with Gasteiger partial charge < -0.3 is 9.90 Å². The second kappa shape index (κ2) is 18.5. The summed E-state index contributed by atoms with van der Waals surface area (Å²) in [7, 11) is -8.04. The van der Waals surface area contributed by atoms with Crippen LogP contribution in [-0.4, -0.2) is 50.7 Å². The maximum absolute atomic E-state index is 13.2. The van der Waals surface area contributed by atoms with E-state index >= 15 is 0 Å². The molecular formula is C39H30Cl2FLiN6O6S2. The van der Waals surface area contributed by atoms with Crippen LogP contribution in [-0.2, 0) is 20.0 Å². The quantitative estimate of drug-likeness (QED) is 0.126. The Hall–Kier alpha value is -5.66. The van der Waals surface area contributed by atoms with Crippen LogP contribution in [0.3, 0.4) is 0 Å². The van der Waals surface area contributed by atoms with E-state index in [9.17, 15) is 26.7 Å². The van der Waals surface area contributed by atoms with Crippen molar-refractivity contribution in [3.05, 3.63) is 169 Å². The molecule has 0 aliphatic heterocycles. The normalized spacial score (nSPS) is 10.9. The molecule has 286 valence electrons. The van der Waals surface area contributed by atoms with Crippen molar-refractivity contribution in [2.75, 3.05) is 0 Å². The minimum atomic E-state index is -4.27. The van der Waals surface area contributed by atoms with Crippen molar-refractivity contribution in [1.82, 2.24) is 27.9 Å². The third-order valence-corrected chi connectivity index (χ3v) is 11.9. The van der Waals surface area contributed by atoms with Crippen LogP contribution in [0.4, 0.5) is 4.70 Å². The summed E-state index contributed by atoms with van der Waals surface area (Å²) in [5, 5.41) is 12.4. The van der Waals surface area contributed by atoms with Gasteiger partial charge in [-0.2, -0.15) is 0 Å². The molecule has 12 nitrogen and oxygen atoms in total. The van der Waals surface area contributed by atoms with Crippen LogP contribution in [0.2, 0.25) is 10.3 Å². The van der Waals surface area contributed by atoms with Gasteiger partial charge in [0, 0.05) is 18.8 Å². The second-order valence-electron chi connectivity index (χ2n) is 11.2. The minimum absolute atomic E-state index is 0. The summed E-state index contributed by atoms with van der Waals surface area (Å²) in [4.78, 5) is 28.9. The number of carboxylic acid groups (broad SMARTS) is 1. The number of fused-ring (bicyclic) bond motifs is 2. The first kappa shape index (κ1) is 44.1. The molecule has 18 heteroatoms. The fraction of sp³-hybridized carbons (Fsp3) is 0. The summed E-state index contributed by atoms with van der Waals surface area (Å²) in [6.45, 7) is 6.00. The van der Waals surface area contributed by atoms with Crippen molar-refractivity contribution in [3.63, 3.8) is 0 Å². The van der Waals surface area contributed by atoms with Gasteiger partial charge in [0.25, 0.3) is 20.0 Å². The van der Waals surface area contributed by atoms with Crippen LogP contribution < -0.4 is 24.0 Å². The first-order valence-electron chi connectivity index (χ1n) is 16.0. The number of benzene rings is 4. The topological polar surface area (TPSA) is 170 Å². The number of carbonyl (C=O) groups is 1. The number of hydrogen-bond acceptors (Lipinski definition) is 10. The van der Waals surface area contributed by atoms with Crippen LogP contribution in [0.25, 0.3) is 44.8 Å².